The highest BCUT2D eigenvalue weighted by molar-refractivity contribution is 5.71. The van der Waals surface area contributed by atoms with Gasteiger partial charge in [0.2, 0.25) is 0 Å². The Labute approximate surface area is 513 Å². The van der Waals surface area contributed by atoms with Crippen molar-refractivity contribution in [2.45, 2.75) is 335 Å². The molecule has 474 valence electrons. The molecule has 6 nitrogen and oxygen atoms in total. The van der Waals surface area contributed by atoms with E-state index in [-0.39, 0.29) is 31.1 Å². The van der Waals surface area contributed by atoms with E-state index in [1.165, 1.54) is 148 Å². The van der Waals surface area contributed by atoms with E-state index in [0.717, 1.165) is 141 Å². The molecular formula is C77H130O6. The van der Waals surface area contributed by atoms with Crippen LogP contribution in [-0.4, -0.2) is 37.2 Å². The second-order valence-electron chi connectivity index (χ2n) is 23.1. The van der Waals surface area contributed by atoms with Crippen LogP contribution in [0.1, 0.15) is 329 Å². The van der Waals surface area contributed by atoms with Crippen LogP contribution in [0.3, 0.4) is 0 Å². The van der Waals surface area contributed by atoms with E-state index in [2.05, 4.69) is 142 Å². The molecule has 0 saturated heterocycles. The number of allylic oxidation sites excluding steroid dienone is 20. The van der Waals surface area contributed by atoms with Crippen molar-refractivity contribution in [3.8, 4) is 0 Å². The van der Waals surface area contributed by atoms with Crippen LogP contribution in [0.4, 0.5) is 0 Å². The monoisotopic (exact) mass is 1150 g/mol. The van der Waals surface area contributed by atoms with Gasteiger partial charge in [-0.15, -0.1) is 0 Å². The Kier molecular flexibility index (Phi) is 66.7. The summed E-state index contributed by atoms with van der Waals surface area (Å²) in [5, 5.41) is 0. The molecule has 0 aliphatic carbocycles. The summed E-state index contributed by atoms with van der Waals surface area (Å²) in [7, 11) is 0. The smallest absolute Gasteiger partial charge is 0.306 e. The van der Waals surface area contributed by atoms with Crippen molar-refractivity contribution in [3.63, 3.8) is 0 Å². The van der Waals surface area contributed by atoms with Gasteiger partial charge in [0.15, 0.2) is 6.10 Å². The lowest BCUT2D eigenvalue weighted by Crippen LogP contribution is -2.30. The Hall–Kier alpha value is -4.19. The summed E-state index contributed by atoms with van der Waals surface area (Å²) in [6, 6.07) is 0. The Morgan fingerprint density at radius 3 is 0.783 bits per heavy atom. The number of ether oxygens (including phenoxy) is 3. The Balaban J connectivity index is 4.30. The van der Waals surface area contributed by atoms with E-state index in [0.29, 0.717) is 19.3 Å². The Morgan fingerprint density at radius 1 is 0.253 bits per heavy atom. The molecule has 0 spiro atoms. The molecule has 0 N–H and O–H groups in total. The zero-order valence-corrected chi connectivity index (χ0v) is 54.4. The maximum Gasteiger partial charge on any atom is 0.306 e. The first-order valence-electron chi connectivity index (χ1n) is 35.0. The van der Waals surface area contributed by atoms with Gasteiger partial charge in [-0.3, -0.25) is 14.4 Å². The fourth-order valence-corrected chi connectivity index (χ4v) is 9.69. The van der Waals surface area contributed by atoms with Crippen LogP contribution in [0.25, 0.3) is 0 Å². The van der Waals surface area contributed by atoms with Gasteiger partial charge in [-0.2, -0.15) is 0 Å². The number of carbonyl (C=O) groups excluding carboxylic acids is 3. The third-order valence-corrected chi connectivity index (χ3v) is 14.9. The zero-order valence-electron chi connectivity index (χ0n) is 54.4. The number of carbonyl (C=O) groups is 3. The summed E-state index contributed by atoms with van der Waals surface area (Å²) >= 11 is 0. The highest BCUT2D eigenvalue weighted by Crippen LogP contribution is 2.16. The molecule has 0 aromatic heterocycles. The molecule has 0 saturated carbocycles. The lowest BCUT2D eigenvalue weighted by atomic mass is 10.0. The third kappa shape index (κ3) is 68.5. The first kappa shape index (κ1) is 78.8. The predicted octanol–water partition coefficient (Wildman–Crippen LogP) is 24.3. The molecule has 83 heavy (non-hydrogen) atoms. The van der Waals surface area contributed by atoms with E-state index in [1.807, 2.05) is 0 Å². The Morgan fingerprint density at radius 2 is 0.494 bits per heavy atom. The van der Waals surface area contributed by atoms with Gasteiger partial charge in [-0.1, -0.05) is 303 Å². The van der Waals surface area contributed by atoms with Crippen LogP contribution in [0, 0.1) is 0 Å². The number of unbranched alkanes of at least 4 members (excludes halogenated alkanes) is 32. The number of esters is 3. The molecule has 0 aliphatic rings. The van der Waals surface area contributed by atoms with Crippen molar-refractivity contribution >= 4 is 17.9 Å². The maximum atomic E-state index is 12.9. The van der Waals surface area contributed by atoms with Crippen molar-refractivity contribution in [3.05, 3.63) is 122 Å². The minimum absolute atomic E-state index is 0.0884. The SMILES string of the molecule is CC/C=C\C/C=C\C/C=C\C/C=C\C/C=C\CCCCCCCCCC(=O)OC(COC(=O)CCCCCCC/C=C\C/C=C\CCC)COC(=O)CCCCCCCCCCCCCCCC/C=C\C/C=C\C/C=C\CCCCCCC. The lowest BCUT2D eigenvalue weighted by molar-refractivity contribution is -0.167. The standard InChI is InChI=1S/C77H130O6/c1-4-7-10-13-16-19-22-25-27-29-31-33-35-36-37-38-39-40-42-43-45-47-49-52-55-58-61-64-67-70-76(79)82-73-74(72-81-75(78)69-66-63-60-57-54-51-24-21-18-15-12-9-6-3)83-77(80)71-68-65-62-59-56-53-50-48-46-44-41-34-32-30-28-26-23-20-17-14-11-8-5-2/h8,11-12,15,17,20-22,24-26,28-29,31-32,34-36,44,46,74H,4-7,9-10,13-14,16,18-19,23,27,30,33,37-43,45,47-73H2,1-3H3/b11-8-,15-12-,20-17-,24-21-,25-22-,28-26-,31-29-,34-32-,36-35-,46-44-. The molecule has 0 aromatic rings. The van der Waals surface area contributed by atoms with Crippen molar-refractivity contribution in [2.24, 2.45) is 0 Å². The number of hydrogen-bond donors (Lipinski definition) is 0. The van der Waals surface area contributed by atoms with Crippen LogP contribution in [-0.2, 0) is 28.6 Å². The molecule has 1 atom stereocenters. The van der Waals surface area contributed by atoms with E-state index in [9.17, 15) is 14.4 Å². The molecule has 0 rings (SSSR count). The van der Waals surface area contributed by atoms with Gasteiger partial charge in [0.1, 0.15) is 13.2 Å². The first-order chi connectivity index (χ1) is 41.0. The molecule has 0 fully saturated rings. The average molecular weight is 1150 g/mol. The number of rotatable bonds is 63. The first-order valence-corrected chi connectivity index (χ1v) is 35.0. The number of hydrogen-bond acceptors (Lipinski definition) is 6. The average Bonchev–Trinajstić information content (AvgIpc) is 3.49. The second-order valence-corrected chi connectivity index (χ2v) is 23.1. The van der Waals surface area contributed by atoms with Gasteiger partial charge in [-0.25, -0.2) is 0 Å². The summed E-state index contributed by atoms with van der Waals surface area (Å²) in [6.45, 7) is 6.45. The summed E-state index contributed by atoms with van der Waals surface area (Å²) in [5.41, 5.74) is 0. The molecule has 0 amide bonds. The van der Waals surface area contributed by atoms with Gasteiger partial charge >= 0.3 is 17.9 Å². The second kappa shape index (κ2) is 70.3. The molecule has 0 aliphatic heterocycles. The van der Waals surface area contributed by atoms with Gasteiger partial charge < -0.3 is 14.2 Å². The molecule has 0 aromatic carbocycles. The van der Waals surface area contributed by atoms with Crippen LogP contribution >= 0.6 is 0 Å². The topological polar surface area (TPSA) is 78.9 Å². The summed E-state index contributed by atoms with van der Waals surface area (Å²) in [6.07, 6.45) is 97.9. The predicted molar refractivity (Wildman–Crippen MR) is 362 cm³/mol. The summed E-state index contributed by atoms with van der Waals surface area (Å²) < 4.78 is 17.0. The van der Waals surface area contributed by atoms with Crippen LogP contribution in [0.2, 0.25) is 0 Å². The normalized spacial score (nSPS) is 12.9. The molecule has 0 heterocycles. The van der Waals surface area contributed by atoms with Crippen LogP contribution in [0.5, 0.6) is 0 Å². The van der Waals surface area contributed by atoms with E-state index < -0.39 is 6.10 Å². The molecule has 1 unspecified atom stereocenters. The van der Waals surface area contributed by atoms with Crippen molar-refractivity contribution in [1.82, 2.24) is 0 Å². The minimum Gasteiger partial charge on any atom is -0.462 e. The van der Waals surface area contributed by atoms with Gasteiger partial charge in [0, 0.05) is 19.3 Å². The van der Waals surface area contributed by atoms with Crippen molar-refractivity contribution < 1.29 is 28.6 Å². The third-order valence-electron chi connectivity index (χ3n) is 14.9. The lowest BCUT2D eigenvalue weighted by Gasteiger charge is -2.18. The Bertz CT molecular complexity index is 1700. The van der Waals surface area contributed by atoms with Gasteiger partial charge in [-0.05, 0) is 128 Å². The highest BCUT2D eigenvalue weighted by atomic mass is 16.6. The highest BCUT2D eigenvalue weighted by Gasteiger charge is 2.19. The van der Waals surface area contributed by atoms with Crippen molar-refractivity contribution in [2.75, 3.05) is 13.2 Å². The quantitative estimate of drug-likeness (QED) is 0.0261. The van der Waals surface area contributed by atoms with Crippen molar-refractivity contribution in [1.29, 1.82) is 0 Å². The molecule has 0 bridgehead atoms. The minimum atomic E-state index is -0.795. The van der Waals surface area contributed by atoms with E-state index in [4.69, 9.17) is 14.2 Å². The summed E-state index contributed by atoms with van der Waals surface area (Å²) in [4.78, 5) is 38.4. The summed E-state index contributed by atoms with van der Waals surface area (Å²) in [5.74, 6) is -0.906. The fourth-order valence-electron chi connectivity index (χ4n) is 9.69. The van der Waals surface area contributed by atoms with E-state index >= 15 is 0 Å². The molecular weight excluding hydrogens is 1020 g/mol. The fraction of sp³-hybridized carbons (Fsp3) is 0.701. The van der Waals surface area contributed by atoms with Crippen LogP contribution in [0.15, 0.2) is 122 Å². The van der Waals surface area contributed by atoms with Gasteiger partial charge in [0.25, 0.3) is 0 Å². The zero-order chi connectivity index (χ0) is 59.9. The molecule has 0 radical (unpaired) electrons. The largest absolute Gasteiger partial charge is 0.462 e. The maximum absolute atomic E-state index is 12.9. The van der Waals surface area contributed by atoms with E-state index in [1.54, 1.807) is 0 Å². The molecule has 6 heteroatoms. The van der Waals surface area contributed by atoms with Crippen LogP contribution < -0.4 is 0 Å². The van der Waals surface area contributed by atoms with Gasteiger partial charge in [0.05, 0.1) is 0 Å².